The lowest BCUT2D eigenvalue weighted by atomic mass is 10.1. The lowest BCUT2D eigenvalue weighted by Crippen LogP contribution is -2.41. The van der Waals surface area contributed by atoms with Crippen molar-refractivity contribution in [3.8, 4) is 0 Å². The van der Waals surface area contributed by atoms with Crippen molar-refractivity contribution >= 4 is 17.8 Å². The molecular formula is C12H20N2O4. The summed E-state index contributed by atoms with van der Waals surface area (Å²) in [6.45, 7) is 4.03. The third kappa shape index (κ3) is 4.01. The van der Waals surface area contributed by atoms with Crippen molar-refractivity contribution in [2.75, 3.05) is 13.1 Å². The van der Waals surface area contributed by atoms with Gasteiger partial charge in [-0.2, -0.15) is 0 Å². The summed E-state index contributed by atoms with van der Waals surface area (Å²) in [5, 5.41) is 11.6. The molecule has 6 heteroatoms. The first kappa shape index (κ1) is 14.5. The first-order valence-corrected chi connectivity index (χ1v) is 6.24. The first-order valence-electron chi connectivity index (χ1n) is 6.24. The van der Waals surface area contributed by atoms with E-state index in [-0.39, 0.29) is 37.4 Å². The summed E-state index contributed by atoms with van der Waals surface area (Å²) in [7, 11) is 0. The highest BCUT2D eigenvalue weighted by molar-refractivity contribution is 5.89. The lowest BCUT2D eigenvalue weighted by molar-refractivity contribution is -0.141. The van der Waals surface area contributed by atoms with Crippen LogP contribution in [0.4, 0.5) is 0 Å². The summed E-state index contributed by atoms with van der Waals surface area (Å²) in [6.07, 6.45) is 1.86. The Hall–Kier alpha value is -1.59. The Labute approximate surface area is 106 Å². The van der Waals surface area contributed by atoms with Gasteiger partial charge in [0.25, 0.3) is 0 Å². The molecule has 102 valence electrons. The average Bonchev–Trinajstić information content (AvgIpc) is 2.60. The summed E-state index contributed by atoms with van der Waals surface area (Å²) < 4.78 is 0. The molecule has 2 unspecified atom stereocenters. The van der Waals surface area contributed by atoms with Crippen LogP contribution in [0, 0.1) is 5.92 Å². The molecule has 2 amide bonds. The molecule has 0 aromatic rings. The molecule has 1 aliphatic rings. The number of carboxylic acids is 1. The topological polar surface area (TPSA) is 86.7 Å². The molecule has 0 aromatic carbocycles. The minimum absolute atomic E-state index is 0.00682. The van der Waals surface area contributed by atoms with E-state index < -0.39 is 11.9 Å². The zero-order chi connectivity index (χ0) is 13.7. The first-order chi connectivity index (χ1) is 8.43. The Bertz CT molecular complexity index is 343. The van der Waals surface area contributed by atoms with Gasteiger partial charge in [-0.15, -0.1) is 0 Å². The quantitative estimate of drug-likeness (QED) is 0.712. The van der Waals surface area contributed by atoms with E-state index in [2.05, 4.69) is 5.32 Å². The molecule has 2 N–H and O–H groups in total. The fourth-order valence-corrected chi connectivity index (χ4v) is 2.09. The number of hydrogen-bond acceptors (Lipinski definition) is 3. The summed E-state index contributed by atoms with van der Waals surface area (Å²) in [5.41, 5.74) is 0. The van der Waals surface area contributed by atoms with E-state index in [0.29, 0.717) is 0 Å². The summed E-state index contributed by atoms with van der Waals surface area (Å²) in [4.78, 5) is 35.2. The Balaban J connectivity index is 2.41. The van der Waals surface area contributed by atoms with Crippen LogP contribution in [0.5, 0.6) is 0 Å². The van der Waals surface area contributed by atoms with E-state index in [0.717, 1.165) is 12.8 Å². The van der Waals surface area contributed by atoms with Gasteiger partial charge in [0.15, 0.2) is 0 Å². The summed E-state index contributed by atoms with van der Waals surface area (Å²) in [5.74, 6) is -2.15. The van der Waals surface area contributed by atoms with Gasteiger partial charge >= 0.3 is 5.97 Å². The van der Waals surface area contributed by atoms with Crippen LogP contribution in [0.1, 0.15) is 33.1 Å². The smallest absolute Gasteiger partial charge is 0.308 e. The molecule has 0 spiro atoms. The second-order valence-corrected chi connectivity index (χ2v) is 4.77. The van der Waals surface area contributed by atoms with E-state index in [4.69, 9.17) is 5.11 Å². The number of aliphatic carboxylic acids is 1. The summed E-state index contributed by atoms with van der Waals surface area (Å²) in [6, 6.07) is 0.0791. The van der Waals surface area contributed by atoms with Crippen LogP contribution in [-0.4, -0.2) is 46.9 Å². The van der Waals surface area contributed by atoms with Crippen molar-refractivity contribution in [1.82, 2.24) is 10.2 Å². The molecule has 0 radical (unpaired) electrons. The molecule has 1 rings (SSSR count). The normalized spacial score (nSPS) is 20.9. The minimum Gasteiger partial charge on any atom is -0.481 e. The molecule has 0 aromatic heterocycles. The van der Waals surface area contributed by atoms with Gasteiger partial charge < -0.3 is 15.3 Å². The van der Waals surface area contributed by atoms with Gasteiger partial charge in [-0.25, -0.2) is 0 Å². The molecule has 1 aliphatic heterocycles. The molecule has 0 aliphatic carbocycles. The summed E-state index contributed by atoms with van der Waals surface area (Å²) >= 11 is 0. The number of likely N-dealkylation sites (tertiary alicyclic amines) is 1. The van der Waals surface area contributed by atoms with Crippen molar-refractivity contribution in [2.45, 2.75) is 39.2 Å². The van der Waals surface area contributed by atoms with E-state index in [1.807, 2.05) is 13.8 Å². The molecule has 2 atom stereocenters. The minimum atomic E-state index is -0.981. The highest BCUT2D eigenvalue weighted by atomic mass is 16.4. The van der Waals surface area contributed by atoms with Crippen molar-refractivity contribution < 1.29 is 19.5 Å². The number of carbonyl (C=O) groups is 3. The van der Waals surface area contributed by atoms with Crippen molar-refractivity contribution in [1.29, 1.82) is 0 Å². The maximum atomic E-state index is 11.7. The van der Waals surface area contributed by atoms with E-state index in [1.165, 1.54) is 4.90 Å². The Morgan fingerprint density at radius 2 is 2.22 bits per heavy atom. The van der Waals surface area contributed by atoms with Gasteiger partial charge in [0.2, 0.25) is 11.8 Å². The number of rotatable bonds is 6. The van der Waals surface area contributed by atoms with Gasteiger partial charge in [0.1, 0.15) is 0 Å². The predicted octanol–water partition coefficient (Wildman–Crippen LogP) is 0.224. The fourth-order valence-electron chi connectivity index (χ4n) is 2.09. The number of carbonyl (C=O) groups excluding carboxylic acids is 2. The molecule has 18 heavy (non-hydrogen) atoms. The highest BCUT2D eigenvalue weighted by Crippen LogP contribution is 2.17. The largest absolute Gasteiger partial charge is 0.481 e. The van der Waals surface area contributed by atoms with Crippen molar-refractivity contribution in [3.63, 3.8) is 0 Å². The zero-order valence-electron chi connectivity index (χ0n) is 10.8. The van der Waals surface area contributed by atoms with E-state index >= 15 is 0 Å². The van der Waals surface area contributed by atoms with Crippen LogP contribution < -0.4 is 5.32 Å². The second kappa shape index (κ2) is 6.37. The Kier molecular flexibility index (Phi) is 5.12. The van der Waals surface area contributed by atoms with Gasteiger partial charge in [-0.3, -0.25) is 14.4 Å². The zero-order valence-corrected chi connectivity index (χ0v) is 10.8. The Morgan fingerprint density at radius 3 is 2.72 bits per heavy atom. The number of nitrogens with zero attached hydrogens (tertiary/aromatic N) is 1. The predicted molar refractivity (Wildman–Crippen MR) is 64.8 cm³/mol. The molecular weight excluding hydrogens is 236 g/mol. The van der Waals surface area contributed by atoms with Crippen LogP contribution in [-0.2, 0) is 14.4 Å². The van der Waals surface area contributed by atoms with Crippen LogP contribution >= 0.6 is 0 Å². The van der Waals surface area contributed by atoms with Gasteiger partial charge in [0, 0.05) is 19.0 Å². The van der Waals surface area contributed by atoms with Crippen LogP contribution in [0.2, 0.25) is 0 Å². The standard InChI is InChI=1S/C12H20N2O4/c1-3-4-8(2)13-10(15)7-14-6-9(12(17)18)5-11(14)16/h8-9H,3-7H2,1-2H3,(H,13,15)(H,17,18). The third-order valence-electron chi connectivity index (χ3n) is 3.03. The number of amides is 2. The van der Waals surface area contributed by atoms with Crippen LogP contribution in [0.15, 0.2) is 0 Å². The fraction of sp³-hybridized carbons (Fsp3) is 0.750. The molecule has 1 saturated heterocycles. The molecule has 0 bridgehead atoms. The number of carboxylic acid groups (broad SMARTS) is 1. The number of hydrogen-bond donors (Lipinski definition) is 2. The number of nitrogens with one attached hydrogen (secondary N) is 1. The second-order valence-electron chi connectivity index (χ2n) is 4.77. The van der Waals surface area contributed by atoms with Crippen molar-refractivity contribution in [3.05, 3.63) is 0 Å². The maximum Gasteiger partial charge on any atom is 0.308 e. The van der Waals surface area contributed by atoms with Gasteiger partial charge in [-0.05, 0) is 13.3 Å². The Morgan fingerprint density at radius 1 is 1.56 bits per heavy atom. The van der Waals surface area contributed by atoms with Gasteiger partial charge in [0.05, 0.1) is 12.5 Å². The van der Waals surface area contributed by atoms with Crippen molar-refractivity contribution in [2.24, 2.45) is 5.92 Å². The molecule has 1 fully saturated rings. The monoisotopic (exact) mass is 256 g/mol. The molecule has 0 saturated carbocycles. The maximum absolute atomic E-state index is 11.7. The molecule has 1 heterocycles. The lowest BCUT2D eigenvalue weighted by Gasteiger charge is -2.18. The van der Waals surface area contributed by atoms with Gasteiger partial charge in [-0.1, -0.05) is 13.3 Å². The van der Waals surface area contributed by atoms with E-state index in [1.54, 1.807) is 0 Å². The average molecular weight is 256 g/mol. The SMILES string of the molecule is CCCC(C)NC(=O)CN1CC(C(=O)O)CC1=O. The van der Waals surface area contributed by atoms with Crippen LogP contribution in [0.3, 0.4) is 0 Å². The van der Waals surface area contributed by atoms with E-state index in [9.17, 15) is 14.4 Å². The van der Waals surface area contributed by atoms with Crippen LogP contribution in [0.25, 0.3) is 0 Å². The third-order valence-corrected chi connectivity index (χ3v) is 3.03. The molecule has 6 nitrogen and oxygen atoms in total. The highest BCUT2D eigenvalue weighted by Gasteiger charge is 2.35.